The van der Waals surface area contributed by atoms with Crippen molar-refractivity contribution in [2.24, 2.45) is 20.4 Å². The number of rotatable bonds is 2. The normalized spacial score (nSPS) is 14.4. The summed E-state index contributed by atoms with van der Waals surface area (Å²) >= 11 is 0. The van der Waals surface area contributed by atoms with Gasteiger partial charge in [0.1, 0.15) is 5.69 Å². The van der Waals surface area contributed by atoms with Crippen LogP contribution in [0.15, 0.2) is 44.7 Å². The number of aromatic carboxylic acids is 1. The van der Waals surface area contributed by atoms with Crippen molar-refractivity contribution < 1.29 is 15.2 Å². The third-order valence-corrected chi connectivity index (χ3v) is 1.85. The van der Waals surface area contributed by atoms with Gasteiger partial charge in [-0.15, -0.1) is 5.11 Å². The molecule has 0 unspecified atom stereocenters. The van der Waals surface area contributed by atoms with E-state index in [9.17, 15) is 4.79 Å². The molecule has 0 bridgehead atoms. The summed E-state index contributed by atoms with van der Waals surface area (Å²) in [4.78, 5) is 10.9. The van der Waals surface area contributed by atoms with Gasteiger partial charge in [0.05, 0.1) is 5.56 Å². The number of nitrogens with two attached hydrogens (primary N) is 1. The fourth-order valence-corrected chi connectivity index (χ4v) is 1.13. The Morgan fingerprint density at radius 2 is 2.12 bits per heavy atom. The Kier molecular flexibility index (Phi) is 2.79. The second-order valence-corrected chi connectivity index (χ2v) is 2.91. The Hall–Kier alpha value is -2.41. The minimum absolute atomic E-state index is 0.103. The molecule has 0 spiro atoms. The van der Waals surface area contributed by atoms with Crippen molar-refractivity contribution in [3.8, 4) is 0 Å². The summed E-state index contributed by atoms with van der Waals surface area (Å²) in [5, 5.41) is 25.3. The van der Waals surface area contributed by atoms with Gasteiger partial charge in [0, 0.05) is 0 Å². The van der Waals surface area contributed by atoms with Crippen LogP contribution in [0.25, 0.3) is 0 Å². The van der Waals surface area contributed by atoms with E-state index in [-0.39, 0.29) is 11.3 Å². The zero-order chi connectivity index (χ0) is 11.4. The van der Waals surface area contributed by atoms with Crippen molar-refractivity contribution in [3.05, 3.63) is 29.8 Å². The summed E-state index contributed by atoms with van der Waals surface area (Å²) in [6.07, 6.45) is 1.48. The van der Waals surface area contributed by atoms with E-state index in [1.54, 1.807) is 23.5 Å². The van der Waals surface area contributed by atoms with E-state index in [2.05, 4.69) is 20.4 Å². The summed E-state index contributed by atoms with van der Waals surface area (Å²) in [7, 11) is 0. The zero-order valence-electron chi connectivity index (χ0n) is 8.11. The van der Waals surface area contributed by atoms with E-state index in [1.807, 2.05) is 0 Å². The van der Waals surface area contributed by atoms with Crippen molar-refractivity contribution in [1.82, 2.24) is 0 Å². The molecule has 0 fully saturated rings. The molecule has 0 aliphatic carbocycles. The Morgan fingerprint density at radius 1 is 1.31 bits per heavy atom. The quantitative estimate of drug-likeness (QED) is 0.699. The van der Waals surface area contributed by atoms with Gasteiger partial charge in [-0.1, -0.05) is 27.4 Å². The Labute approximate surface area is 90.2 Å². The number of hydrogen-bond acceptors (Lipinski definition) is 5. The number of carbonyl (C=O) groups is 1. The molecule has 3 N–H and O–H groups in total. The molecule has 0 saturated carbocycles. The van der Waals surface area contributed by atoms with Crippen LogP contribution in [0.4, 0.5) is 5.69 Å². The van der Waals surface area contributed by atoms with Crippen LogP contribution in [-0.2, 0) is 0 Å². The molecular weight excluding hydrogens is 210 g/mol. The smallest absolute Gasteiger partial charge is 0.369 e. The second kappa shape index (κ2) is 4.41. The lowest BCUT2D eigenvalue weighted by Gasteiger charge is -1.97. The highest BCUT2D eigenvalue weighted by Gasteiger charge is 2.10. The maximum atomic E-state index is 10.9. The molecule has 0 atom stereocenters. The SMILES string of the molecule is O=C(O)c1ccccc1N=NC1=NN=C[NH2+]1. The second-order valence-electron chi connectivity index (χ2n) is 2.91. The lowest BCUT2D eigenvalue weighted by Crippen LogP contribution is -2.84. The number of azo groups is 1. The van der Waals surface area contributed by atoms with Crippen molar-refractivity contribution in [2.45, 2.75) is 0 Å². The van der Waals surface area contributed by atoms with E-state index in [0.29, 0.717) is 5.96 Å². The van der Waals surface area contributed by atoms with Gasteiger partial charge in [0.15, 0.2) is 0 Å². The molecule has 1 aromatic rings. The summed E-state index contributed by atoms with van der Waals surface area (Å²) in [5.41, 5.74) is 0.392. The van der Waals surface area contributed by atoms with Gasteiger partial charge < -0.3 is 5.11 Å². The first kappa shape index (κ1) is 10.1. The predicted octanol–water partition coefficient (Wildman–Crippen LogP) is 0.345. The molecule has 0 amide bonds. The first-order chi connectivity index (χ1) is 7.77. The van der Waals surface area contributed by atoms with Crippen LogP contribution in [-0.4, -0.2) is 23.4 Å². The van der Waals surface area contributed by atoms with Gasteiger partial charge in [-0.05, 0) is 12.1 Å². The number of quaternary nitrogens is 1. The van der Waals surface area contributed by atoms with Crippen LogP contribution in [0, 0.1) is 0 Å². The first-order valence-corrected chi connectivity index (χ1v) is 4.46. The minimum atomic E-state index is -1.04. The van der Waals surface area contributed by atoms with Gasteiger partial charge in [0.2, 0.25) is 6.34 Å². The molecule has 1 aromatic carbocycles. The number of benzene rings is 1. The third kappa shape index (κ3) is 2.15. The summed E-state index contributed by atoms with van der Waals surface area (Å²) in [5.74, 6) is -0.691. The third-order valence-electron chi connectivity index (χ3n) is 1.85. The Morgan fingerprint density at radius 3 is 2.81 bits per heavy atom. The summed E-state index contributed by atoms with van der Waals surface area (Å²) in [6, 6.07) is 6.36. The number of nitrogens with zero attached hydrogens (tertiary/aromatic N) is 4. The molecule has 80 valence electrons. The monoisotopic (exact) mass is 218 g/mol. The molecule has 7 heteroatoms. The molecule has 0 saturated heterocycles. The summed E-state index contributed by atoms with van der Waals surface area (Å²) in [6.45, 7) is 0. The lowest BCUT2D eigenvalue weighted by atomic mass is 10.2. The van der Waals surface area contributed by atoms with E-state index >= 15 is 0 Å². The topological polar surface area (TPSA) is 103 Å². The van der Waals surface area contributed by atoms with Crippen molar-refractivity contribution >= 4 is 24.0 Å². The highest BCUT2D eigenvalue weighted by Crippen LogP contribution is 2.18. The highest BCUT2D eigenvalue weighted by atomic mass is 16.4. The first-order valence-electron chi connectivity index (χ1n) is 4.46. The van der Waals surface area contributed by atoms with Crippen LogP contribution in [0.5, 0.6) is 0 Å². The van der Waals surface area contributed by atoms with Crippen LogP contribution >= 0.6 is 0 Å². The largest absolute Gasteiger partial charge is 0.478 e. The molecule has 2 rings (SSSR count). The van der Waals surface area contributed by atoms with Crippen molar-refractivity contribution in [1.29, 1.82) is 0 Å². The molecule has 16 heavy (non-hydrogen) atoms. The molecule has 1 aliphatic heterocycles. The molecule has 1 heterocycles. The minimum Gasteiger partial charge on any atom is -0.478 e. The van der Waals surface area contributed by atoms with Crippen LogP contribution in [0.2, 0.25) is 0 Å². The Bertz CT molecular complexity index is 506. The molecular formula is C9H8N5O2+. The van der Waals surface area contributed by atoms with Gasteiger partial charge >= 0.3 is 11.9 Å². The Balaban J connectivity index is 2.24. The van der Waals surface area contributed by atoms with Crippen molar-refractivity contribution in [3.63, 3.8) is 0 Å². The number of carboxylic acids is 1. The highest BCUT2D eigenvalue weighted by molar-refractivity contribution is 5.93. The van der Waals surface area contributed by atoms with Crippen LogP contribution in [0.1, 0.15) is 10.4 Å². The van der Waals surface area contributed by atoms with E-state index in [0.717, 1.165) is 0 Å². The molecule has 7 nitrogen and oxygen atoms in total. The van der Waals surface area contributed by atoms with Gasteiger partial charge in [-0.2, -0.15) is 0 Å². The average Bonchev–Trinajstić information content (AvgIpc) is 2.79. The van der Waals surface area contributed by atoms with Gasteiger partial charge in [-0.25, -0.2) is 10.1 Å². The maximum Gasteiger partial charge on any atom is 0.369 e. The number of guanidine groups is 1. The van der Waals surface area contributed by atoms with E-state index in [4.69, 9.17) is 5.11 Å². The fraction of sp³-hybridized carbons (Fsp3) is 0. The average molecular weight is 218 g/mol. The molecule has 0 aromatic heterocycles. The van der Waals surface area contributed by atoms with E-state index < -0.39 is 5.97 Å². The standard InChI is InChI=1S/C9H7N5O2/c15-8(16)6-3-1-2-4-7(6)12-14-9-10-5-11-13-9/h1-5H,(H,15,16)(H,10,11,13)/p+1. The predicted molar refractivity (Wildman–Crippen MR) is 55.8 cm³/mol. The van der Waals surface area contributed by atoms with Crippen LogP contribution in [0.3, 0.4) is 0 Å². The number of carboxylic acid groups (broad SMARTS) is 1. The van der Waals surface area contributed by atoms with Crippen LogP contribution < -0.4 is 5.32 Å². The molecule has 1 aliphatic rings. The number of hydrogen-bond donors (Lipinski definition) is 2. The fourth-order valence-electron chi connectivity index (χ4n) is 1.13. The molecule has 0 radical (unpaired) electrons. The van der Waals surface area contributed by atoms with E-state index in [1.165, 1.54) is 12.4 Å². The van der Waals surface area contributed by atoms with Gasteiger partial charge in [0.25, 0.3) is 0 Å². The van der Waals surface area contributed by atoms with Crippen molar-refractivity contribution in [2.75, 3.05) is 0 Å². The van der Waals surface area contributed by atoms with Gasteiger partial charge in [-0.3, -0.25) is 0 Å². The lowest BCUT2D eigenvalue weighted by molar-refractivity contribution is -0.394. The zero-order valence-corrected chi connectivity index (χ0v) is 8.11. The maximum absolute atomic E-state index is 10.9. The summed E-state index contributed by atoms with van der Waals surface area (Å²) < 4.78 is 0.